The summed E-state index contributed by atoms with van der Waals surface area (Å²) in [4.78, 5) is 2.35. The van der Waals surface area contributed by atoms with Crippen molar-refractivity contribution < 1.29 is 4.42 Å². The third kappa shape index (κ3) is 5.26. The Morgan fingerprint density at radius 1 is 0.333 bits per heavy atom. The van der Waals surface area contributed by atoms with Gasteiger partial charge in [0.2, 0.25) is 0 Å². The number of para-hydroxylation sites is 3. The molecule has 1 aliphatic carbocycles. The van der Waals surface area contributed by atoms with Gasteiger partial charge in [-0.15, -0.1) is 0 Å². The molecule has 0 aliphatic heterocycles. The second kappa shape index (κ2) is 13.4. The van der Waals surface area contributed by atoms with Gasteiger partial charge in [0.1, 0.15) is 11.2 Å². The monoisotopic (exact) mass is 727 g/mol. The van der Waals surface area contributed by atoms with Gasteiger partial charge in [0, 0.05) is 33.4 Å². The summed E-state index contributed by atoms with van der Waals surface area (Å²) >= 11 is 0. The number of benzene rings is 9. The molecule has 0 amide bonds. The molecule has 0 bridgehead atoms. The highest BCUT2D eigenvalue weighted by Crippen LogP contribution is 2.56. The lowest BCUT2D eigenvalue weighted by Crippen LogP contribution is -2.28. The molecule has 11 rings (SSSR count). The van der Waals surface area contributed by atoms with Crippen molar-refractivity contribution in [3.05, 3.63) is 247 Å². The van der Waals surface area contributed by atoms with Crippen LogP contribution in [0.25, 0.3) is 55.3 Å². The van der Waals surface area contributed by atoms with Gasteiger partial charge in [-0.3, -0.25) is 0 Å². The first-order chi connectivity index (χ1) is 28.3. The molecule has 2 heteroatoms. The first-order valence-corrected chi connectivity index (χ1v) is 19.6. The van der Waals surface area contributed by atoms with Gasteiger partial charge in [0.15, 0.2) is 0 Å². The van der Waals surface area contributed by atoms with E-state index in [0.717, 1.165) is 55.7 Å². The summed E-state index contributed by atoms with van der Waals surface area (Å²) in [6, 6.07) is 81.1. The third-order valence-corrected chi connectivity index (χ3v) is 11.7. The van der Waals surface area contributed by atoms with Crippen LogP contribution >= 0.6 is 0 Å². The predicted octanol–water partition coefficient (Wildman–Crippen LogP) is 14.8. The van der Waals surface area contributed by atoms with Crippen LogP contribution in [0, 0.1) is 0 Å². The molecular weight excluding hydrogens is 691 g/mol. The molecule has 0 fully saturated rings. The number of hydrogen-bond donors (Lipinski definition) is 0. The summed E-state index contributed by atoms with van der Waals surface area (Å²) in [7, 11) is 0. The minimum absolute atomic E-state index is 0.420. The maximum absolute atomic E-state index is 6.48. The van der Waals surface area contributed by atoms with Crippen LogP contribution in [0.1, 0.15) is 22.3 Å². The van der Waals surface area contributed by atoms with Crippen LogP contribution in [0.15, 0.2) is 229 Å². The van der Waals surface area contributed by atoms with E-state index >= 15 is 0 Å². The SMILES string of the molecule is c1ccc(N(c2cccc(-c3ccc4c(c3)-c3ccccc3C4(c3ccccc3)c3ccccc3)c2)c2cccc(-c3cccc4c3oc3ccccc34)c2)cc1. The normalized spacial score (nSPS) is 12.7. The number of fused-ring (bicyclic) bond motifs is 6. The van der Waals surface area contributed by atoms with Crippen molar-refractivity contribution in [1.82, 2.24) is 0 Å². The lowest BCUT2D eigenvalue weighted by Gasteiger charge is -2.33. The fourth-order valence-corrected chi connectivity index (χ4v) is 9.26. The number of hydrogen-bond acceptors (Lipinski definition) is 2. The largest absolute Gasteiger partial charge is 0.455 e. The van der Waals surface area contributed by atoms with E-state index in [1.165, 1.54) is 38.9 Å². The Hall–Kier alpha value is -7.42. The van der Waals surface area contributed by atoms with Crippen molar-refractivity contribution in [2.24, 2.45) is 0 Å². The van der Waals surface area contributed by atoms with Crippen molar-refractivity contribution in [2.75, 3.05) is 4.90 Å². The topological polar surface area (TPSA) is 16.4 Å². The summed E-state index contributed by atoms with van der Waals surface area (Å²) in [5.41, 5.74) is 16.9. The lowest BCUT2D eigenvalue weighted by atomic mass is 9.67. The van der Waals surface area contributed by atoms with E-state index in [0.29, 0.717) is 0 Å². The summed E-state index contributed by atoms with van der Waals surface area (Å²) in [6.07, 6.45) is 0. The molecule has 0 unspecified atom stereocenters. The summed E-state index contributed by atoms with van der Waals surface area (Å²) in [5, 5.41) is 2.26. The number of nitrogens with zero attached hydrogens (tertiary/aromatic N) is 1. The first-order valence-electron chi connectivity index (χ1n) is 19.6. The highest BCUT2D eigenvalue weighted by molar-refractivity contribution is 6.09. The van der Waals surface area contributed by atoms with Gasteiger partial charge in [0.25, 0.3) is 0 Å². The van der Waals surface area contributed by atoms with Gasteiger partial charge in [0.05, 0.1) is 5.41 Å². The van der Waals surface area contributed by atoms with E-state index in [1.54, 1.807) is 0 Å². The van der Waals surface area contributed by atoms with E-state index in [9.17, 15) is 0 Å². The van der Waals surface area contributed by atoms with Gasteiger partial charge in [-0.2, -0.15) is 0 Å². The van der Waals surface area contributed by atoms with Crippen molar-refractivity contribution in [2.45, 2.75) is 5.41 Å². The van der Waals surface area contributed by atoms with Crippen LogP contribution in [-0.4, -0.2) is 0 Å². The molecule has 0 spiro atoms. The van der Waals surface area contributed by atoms with E-state index < -0.39 is 5.41 Å². The summed E-state index contributed by atoms with van der Waals surface area (Å²) < 4.78 is 6.48. The zero-order valence-corrected chi connectivity index (χ0v) is 31.2. The maximum Gasteiger partial charge on any atom is 0.143 e. The van der Waals surface area contributed by atoms with Crippen molar-refractivity contribution in [1.29, 1.82) is 0 Å². The van der Waals surface area contributed by atoms with E-state index in [4.69, 9.17) is 4.42 Å². The highest BCUT2D eigenvalue weighted by Gasteiger charge is 2.45. The molecule has 1 aromatic heterocycles. The van der Waals surface area contributed by atoms with Gasteiger partial charge in [-0.05, 0) is 98.6 Å². The molecule has 268 valence electrons. The summed E-state index contributed by atoms with van der Waals surface area (Å²) in [5.74, 6) is 0. The van der Waals surface area contributed by atoms with Crippen LogP contribution in [0.3, 0.4) is 0 Å². The number of anilines is 3. The first kappa shape index (κ1) is 33.0. The molecule has 9 aromatic carbocycles. The average molecular weight is 728 g/mol. The smallest absolute Gasteiger partial charge is 0.143 e. The lowest BCUT2D eigenvalue weighted by molar-refractivity contribution is 0.670. The Morgan fingerprint density at radius 3 is 1.61 bits per heavy atom. The molecule has 57 heavy (non-hydrogen) atoms. The quantitative estimate of drug-likeness (QED) is 0.163. The molecule has 0 radical (unpaired) electrons. The third-order valence-electron chi connectivity index (χ3n) is 11.7. The molecule has 2 nitrogen and oxygen atoms in total. The maximum atomic E-state index is 6.48. The Bertz CT molecular complexity index is 3030. The fraction of sp³-hybridized carbons (Fsp3) is 0.0182. The average Bonchev–Trinajstić information content (AvgIpc) is 3.82. The van der Waals surface area contributed by atoms with Crippen molar-refractivity contribution in [3.8, 4) is 33.4 Å². The fourth-order valence-electron chi connectivity index (χ4n) is 9.26. The van der Waals surface area contributed by atoms with Crippen LogP contribution in [0.4, 0.5) is 17.1 Å². The second-order valence-corrected chi connectivity index (χ2v) is 14.8. The van der Waals surface area contributed by atoms with Crippen LogP contribution < -0.4 is 4.90 Å². The zero-order valence-electron chi connectivity index (χ0n) is 31.2. The van der Waals surface area contributed by atoms with Crippen molar-refractivity contribution in [3.63, 3.8) is 0 Å². The van der Waals surface area contributed by atoms with E-state index in [-0.39, 0.29) is 0 Å². The predicted molar refractivity (Wildman–Crippen MR) is 237 cm³/mol. The standard InChI is InChI=1S/C55H37NO/c1-4-19-41(20-5-1)55(42-21-6-2-7-22-42)51-31-12-10-27-47(51)50-37-39(33-34-52(50)55)38-17-14-25-44(35-38)56(43-23-8-3-9-24-43)45-26-15-18-40(36-45)46-29-16-30-49-48-28-11-13-32-53(48)57-54(46)49/h1-37H. The molecule has 0 atom stereocenters. The molecular formula is C55H37NO. The second-order valence-electron chi connectivity index (χ2n) is 14.8. The number of furan rings is 1. The van der Waals surface area contributed by atoms with E-state index in [1.807, 2.05) is 12.1 Å². The highest BCUT2D eigenvalue weighted by atomic mass is 16.3. The van der Waals surface area contributed by atoms with Crippen LogP contribution in [0.5, 0.6) is 0 Å². The summed E-state index contributed by atoms with van der Waals surface area (Å²) in [6.45, 7) is 0. The van der Waals surface area contributed by atoms with Gasteiger partial charge < -0.3 is 9.32 Å². The Balaban J connectivity index is 1.05. The number of rotatable bonds is 7. The van der Waals surface area contributed by atoms with Crippen LogP contribution in [-0.2, 0) is 5.41 Å². The molecule has 0 saturated carbocycles. The Labute approximate surface area is 332 Å². The Kier molecular flexibility index (Phi) is 7.75. The Morgan fingerprint density at radius 2 is 0.860 bits per heavy atom. The van der Waals surface area contributed by atoms with Gasteiger partial charge in [-0.1, -0.05) is 176 Å². The molecule has 0 saturated heterocycles. The minimum atomic E-state index is -0.420. The van der Waals surface area contributed by atoms with E-state index in [2.05, 4.69) is 217 Å². The zero-order chi connectivity index (χ0) is 37.8. The van der Waals surface area contributed by atoms with Gasteiger partial charge in [-0.25, -0.2) is 0 Å². The minimum Gasteiger partial charge on any atom is -0.455 e. The molecule has 1 aliphatic rings. The van der Waals surface area contributed by atoms with Crippen molar-refractivity contribution >= 4 is 39.0 Å². The van der Waals surface area contributed by atoms with Crippen LogP contribution in [0.2, 0.25) is 0 Å². The molecule has 1 heterocycles. The molecule has 0 N–H and O–H groups in total. The van der Waals surface area contributed by atoms with Gasteiger partial charge >= 0.3 is 0 Å². The molecule has 10 aromatic rings.